The number of carbonyl (C=O) groups excluding carboxylic acids is 2. The van der Waals surface area contributed by atoms with Crippen molar-refractivity contribution in [2.75, 3.05) is 27.4 Å². The summed E-state index contributed by atoms with van der Waals surface area (Å²) < 4.78 is 21.6. The Morgan fingerprint density at radius 3 is 2.00 bits per heavy atom. The second-order valence-electron chi connectivity index (χ2n) is 6.69. The summed E-state index contributed by atoms with van der Waals surface area (Å²) in [6, 6.07) is 5.33. The van der Waals surface area contributed by atoms with E-state index in [0.29, 0.717) is 47.2 Å². The Kier molecular flexibility index (Phi) is 8.21. The average Bonchev–Trinajstić information content (AvgIpc) is 2.73. The maximum absolute atomic E-state index is 12.6. The molecule has 2 rings (SSSR count). The number of hydrogen-bond acceptors (Lipinski definition) is 7. The van der Waals surface area contributed by atoms with Gasteiger partial charge >= 0.3 is 11.9 Å². The molecule has 2 aromatic rings. The molecule has 0 fully saturated rings. The van der Waals surface area contributed by atoms with Crippen LogP contribution < -0.4 is 9.47 Å². The second-order valence-corrected chi connectivity index (χ2v) is 6.69. The zero-order valence-electron chi connectivity index (χ0n) is 18.5. The number of nitrogens with zero attached hydrogens (tertiary/aromatic N) is 1. The molecule has 1 aromatic carbocycles. The van der Waals surface area contributed by atoms with Crippen LogP contribution in [0.1, 0.15) is 58.8 Å². The summed E-state index contributed by atoms with van der Waals surface area (Å²) in [5.41, 5.74) is 2.36. The van der Waals surface area contributed by atoms with Crippen LogP contribution in [0, 0.1) is 13.8 Å². The molecular formula is C23H29NO6. The predicted octanol–water partition coefficient (Wildman–Crippen LogP) is 4.52. The van der Waals surface area contributed by atoms with Gasteiger partial charge in [-0.15, -0.1) is 0 Å². The first-order valence-corrected chi connectivity index (χ1v) is 9.97. The molecular weight excluding hydrogens is 386 g/mol. The van der Waals surface area contributed by atoms with Crippen molar-refractivity contribution in [1.82, 2.24) is 4.98 Å². The van der Waals surface area contributed by atoms with E-state index in [9.17, 15) is 9.59 Å². The van der Waals surface area contributed by atoms with E-state index in [4.69, 9.17) is 18.9 Å². The van der Waals surface area contributed by atoms with E-state index in [0.717, 1.165) is 12.8 Å². The molecule has 0 saturated carbocycles. The summed E-state index contributed by atoms with van der Waals surface area (Å²) in [6.45, 7) is 8.39. The minimum Gasteiger partial charge on any atom is -0.490 e. The van der Waals surface area contributed by atoms with Crippen LogP contribution >= 0.6 is 0 Å². The van der Waals surface area contributed by atoms with Crippen molar-refractivity contribution in [3.8, 4) is 22.6 Å². The van der Waals surface area contributed by atoms with Crippen molar-refractivity contribution in [3.63, 3.8) is 0 Å². The summed E-state index contributed by atoms with van der Waals surface area (Å²) in [4.78, 5) is 29.5. The van der Waals surface area contributed by atoms with Gasteiger partial charge in [-0.1, -0.05) is 19.4 Å². The molecule has 0 N–H and O–H groups in total. The van der Waals surface area contributed by atoms with Crippen molar-refractivity contribution < 1.29 is 28.5 Å². The van der Waals surface area contributed by atoms with E-state index in [2.05, 4.69) is 11.9 Å². The highest BCUT2D eigenvalue weighted by atomic mass is 16.5. The monoisotopic (exact) mass is 415 g/mol. The van der Waals surface area contributed by atoms with Gasteiger partial charge in [0, 0.05) is 5.56 Å². The molecule has 7 heteroatoms. The molecule has 0 aliphatic carbocycles. The van der Waals surface area contributed by atoms with Crippen LogP contribution in [0.3, 0.4) is 0 Å². The standard InChI is InChI=1S/C23H29NO6/c1-7-9-12-30-17-11-10-16(13-18(17)29-8-2)21-19(22(25)27-5)14(3)24-15(4)20(21)23(26)28-6/h10-11,13H,7-9,12H2,1-6H3. The van der Waals surface area contributed by atoms with Crippen LogP contribution in [0.4, 0.5) is 0 Å². The number of aryl methyl sites for hydroxylation is 2. The van der Waals surface area contributed by atoms with Gasteiger partial charge in [-0.3, -0.25) is 4.98 Å². The number of carbonyl (C=O) groups is 2. The smallest absolute Gasteiger partial charge is 0.340 e. The maximum atomic E-state index is 12.6. The first-order valence-electron chi connectivity index (χ1n) is 9.97. The quantitative estimate of drug-likeness (QED) is 0.440. The van der Waals surface area contributed by atoms with Gasteiger partial charge in [-0.05, 0) is 44.9 Å². The summed E-state index contributed by atoms with van der Waals surface area (Å²) in [5, 5.41) is 0. The van der Waals surface area contributed by atoms with Gasteiger partial charge in [-0.25, -0.2) is 9.59 Å². The molecule has 0 saturated heterocycles. The molecule has 0 radical (unpaired) electrons. The van der Waals surface area contributed by atoms with Crippen molar-refractivity contribution in [1.29, 1.82) is 0 Å². The summed E-state index contributed by atoms with van der Waals surface area (Å²) in [6.07, 6.45) is 1.94. The lowest BCUT2D eigenvalue weighted by molar-refractivity contribution is 0.0599. The third-order valence-electron chi connectivity index (χ3n) is 4.63. The molecule has 1 aromatic heterocycles. The highest BCUT2D eigenvalue weighted by Gasteiger charge is 2.27. The Morgan fingerprint density at radius 1 is 0.900 bits per heavy atom. The molecule has 0 aliphatic heterocycles. The number of methoxy groups -OCH3 is 2. The van der Waals surface area contributed by atoms with Gasteiger partial charge in [0.1, 0.15) is 0 Å². The normalized spacial score (nSPS) is 10.5. The fraction of sp³-hybridized carbons (Fsp3) is 0.435. The highest BCUT2D eigenvalue weighted by Crippen LogP contribution is 2.38. The fourth-order valence-corrected chi connectivity index (χ4v) is 3.22. The van der Waals surface area contributed by atoms with Gasteiger partial charge in [-0.2, -0.15) is 0 Å². The molecule has 0 bridgehead atoms. The zero-order chi connectivity index (χ0) is 22.3. The number of unbranched alkanes of at least 4 members (excludes halogenated alkanes) is 1. The number of esters is 2. The molecule has 0 unspecified atom stereocenters. The number of aromatic nitrogens is 1. The maximum Gasteiger partial charge on any atom is 0.340 e. The number of pyridine rings is 1. The van der Waals surface area contributed by atoms with E-state index < -0.39 is 11.9 Å². The lowest BCUT2D eigenvalue weighted by Crippen LogP contribution is -2.16. The Morgan fingerprint density at radius 2 is 1.50 bits per heavy atom. The van der Waals surface area contributed by atoms with Crippen LogP contribution in [0.5, 0.6) is 11.5 Å². The summed E-state index contributed by atoms with van der Waals surface area (Å²) >= 11 is 0. The zero-order valence-corrected chi connectivity index (χ0v) is 18.5. The molecule has 0 aliphatic rings. The van der Waals surface area contributed by atoms with Crippen molar-refractivity contribution in [2.45, 2.75) is 40.5 Å². The van der Waals surface area contributed by atoms with E-state index in [-0.39, 0.29) is 11.1 Å². The molecule has 162 valence electrons. The molecule has 0 spiro atoms. The van der Waals surface area contributed by atoms with Crippen molar-refractivity contribution in [2.24, 2.45) is 0 Å². The topological polar surface area (TPSA) is 84.0 Å². The van der Waals surface area contributed by atoms with Gasteiger partial charge in [0.05, 0.1) is 49.9 Å². The first-order chi connectivity index (χ1) is 14.4. The number of ether oxygens (including phenoxy) is 4. The lowest BCUT2D eigenvalue weighted by Gasteiger charge is -2.18. The Hall–Kier alpha value is -3.09. The van der Waals surface area contributed by atoms with Crippen LogP contribution in [-0.2, 0) is 9.47 Å². The minimum absolute atomic E-state index is 0.214. The van der Waals surface area contributed by atoms with Gasteiger partial charge in [0.2, 0.25) is 0 Å². The van der Waals surface area contributed by atoms with E-state index >= 15 is 0 Å². The number of hydrogen-bond donors (Lipinski definition) is 0. The average molecular weight is 415 g/mol. The Balaban J connectivity index is 2.75. The highest BCUT2D eigenvalue weighted by molar-refractivity contribution is 6.07. The largest absolute Gasteiger partial charge is 0.490 e. The minimum atomic E-state index is -0.582. The van der Waals surface area contributed by atoms with Crippen LogP contribution in [0.15, 0.2) is 18.2 Å². The van der Waals surface area contributed by atoms with Gasteiger partial charge in [0.15, 0.2) is 11.5 Å². The fourth-order valence-electron chi connectivity index (χ4n) is 3.22. The van der Waals surface area contributed by atoms with E-state index in [1.807, 2.05) is 6.92 Å². The molecule has 1 heterocycles. The summed E-state index contributed by atoms with van der Waals surface area (Å²) in [5.74, 6) is -0.0246. The lowest BCUT2D eigenvalue weighted by atomic mass is 9.92. The second kappa shape index (κ2) is 10.6. The SMILES string of the molecule is CCCCOc1ccc(-c2c(C(=O)OC)c(C)nc(C)c2C(=O)OC)cc1OCC. The van der Waals surface area contributed by atoms with E-state index in [1.54, 1.807) is 32.0 Å². The molecule has 30 heavy (non-hydrogen) atoms. The number of benzene rings is 1. The third kappa shape index (κ3) is 4.90. The van der Waals surface area contributed by atoms with Crippen molar-refractivity contribution in [3.05, 3.63) is 40.7 Å². The number of rotatable bonds is 9. The van der Waals surface area contributed by atoms with Gasteiger partial charge < -0.3 is 18.9 Å². The summed E-state index contributed by atoms with van der Waals surface area (Å²) in [7, 11) is 2.58. The van der Waals surface area contributed by atoms with Crippen molar-refractivity contribution >= 4 is 11.9 Å². The first kappa shape index (κ1) is 23.2. The third-order valence-corrected chi connectivity index (χ3v) is 4.63. The molecule has 0 amide bonds. The van der Waals surface area contributed by atoms with Crippen LogP contribution in [-0.4, -0.2) is 44.4 Å². The molecule has 7 nitrogen and oxygen atoms in total. The predicted molar refractivity (Wildman–Crippen MR) is 113 cm³/mol. The van der Waals surface area contributed by atoms with E-state index in [1.165, 1.54) is 14.2 Å². The van der Waals surface area contributed by atoms with Crippen LogP contribution in [0.25, 0.3) is 11.1 Å². The Labute approximate surface area is 177 Å². The Bertz CT molecular complexity index is 882. The van der Waals surface area contributed by atoms with Gasteiger partial charge in [0.25, 0.3) is 0 Å². The van der Waals surface area contributed by atoms with Crippen LogP contribution in [0.2, 0.25) is 0 Å². The molecule has 0 atom stereocenters.